The van der Waals surface area contributed by atoms with Crippen molar-refractivity contribution in [1.82, 2.24) is 4.57 Å². The van der Waals surface area contributed by atoms with E-state index in [0.29, 0.717) is 10.2 Å². The molecule has 0 fully saturated rings. The largest absolute Gasteiger partial charge is 0.308 e. The average molecular weight is 256 g/mol. The van der Waals surface area contributed by atoms with Gasteiger partial charge in [-0.15, -0.1) is 0 Å². The lowest BCUT2D eigenvalue weighted by atomic mass is 10.2. The van der Waals surface area contributed by atoms with Crippen LogP contribution < -0.4 is 4.87 Å². The lowest BCUT2D eigenvalue weighted by Crippen LogP contribution is -2.14. The predicted octanol–water partition coefficient (Wildman–Crippen LogP) is 2.69. The highest BCUT2D eigenvalue weighted by molar-refractivity contribution is 7.16. The van der Waals surface area contributed by atoms with Crippen molar-refractivity contribution in [2.24, 2.45) is 0 Å². The molecule has 0 unspecified atom stereocenters. The van der Waals surface area contributed by atoms with Gasteiger partial charge in [-0.25, -0.2) is 0 Å². The topological polar surface area (TPSA) is 65.1 Å². The number of nitro benzene ring substituents is 1. The number of aromatic nitrogens is 1. The summed E-state index contributed by atoms with van der Waals surface area (Å²) in [7, 11) is 0. The van der Waals surface area contributed by atoms with Gasteiger partial charge in [0.05, 0.1) is 15.1 Å². The van der Waals surface area contributed by atoms with E-state index in [1.807, 2.05) is 0 Å². The van der Waals surface area contributed by atoms with Gasteiger partial charge in [0, 0.05) is 18.2 Å². The van der Waals surface area contributed by atoms with Crippen LogP contribution in [0.5, 0.6) is 0 Å². The summed E-state index contributed by atoms with van der Waals surface area (Å²) in [5.41, 5.74) is -0.201. The quantitative estimate of drug-likeness (QED) is 0.613. The number of benzene rings is 1. The number of nitro groups is 1. The van der Waals surface area contributed by atoms with Gasteiger partial charge in [0.25, 0.3) is 0 Å². The van der Waals surface area contributed by atoms with Crippen molar-refractivity contribution in [1.29, 1.82) is 0 Å². The fourth-order valence-electron chi connectivity index (χ4n) is 1.67. The van der Waals surface area contributed by atoms with Crippen LogP contribution in [-0.4, -0.2) is 9.49 Å². The first kappa shape index (κ1) is 11.7. The van der Waals surface area contributed by atoms with E-state index < -0.39 is 16.4 Å². The smallest absolute Gasteiger partial charge is 0.296 e. The first-order valence-electron chi connectivity index (χ1n) is 4.90. The summed E-state index contributed by atoms with van der Waals surface area (Å²) in [6, 6.07) is 2.03. The Morgan fingerprint density at radius 1 is 1.47 bits per heavy atom. The number of thiazole rings is 1. The first-order chi connectivity index (χ1) is 7.91. The molecule has 1 aromatic heterocycles. The lowest BCUT2D eigenvalue weighted by Gasteiger charge is -2.06. The molecule has 0 bridgehead atoms. The highest BCUT2D eigenvalue weighted by Gasteiger charge is 2.19. The van der Waals surface area contributed by atoms with E-state index >= 15 is 0 Å². The molecule has 0 N–H and O–H groups in total. The second-order valence-electron chi connectivity index (χ2n) is 3.86. The van der Waals surface area contributed by atoms with Crippen LogP contribution in [0.1, 0.15) is 19.9 Å². The summed E-state index contributed by atoms with van der Waals surface area (Å²) in [6.07, 6.45) is 0. The molecule has 0 aliphatic heterocycles. The minimum absolute atomic E-state index is 0.124. The van der Waals surface area contributed by atoms with Crippen LogP contribution in [0, 0.1) is 15.9 Å². The third-order valence-corrected chi connectivity index (χ3v) is 3.31. The number of rotatable bonds is 2. The molecule has 0 radical (unpaired) electrons. The summed E-state index contributed by atoms with van der Waals surface area (Å²) in [5, 5.41) is 10.6. The second kappa shape index (κ2) is 3.92. The van der Waals surface area contributed by atoms with Crippen LogP contribution in [-0.2, 0) is 0 Å². The zero-order valence-corrected chi connectivity index (χ0v) is 9.95. The Bertz CT molecular complexity index is 659. The molecule has 0 aliphatic carbocycles. The lowest BCUT2D eigenvalue weighted by molar-refractivity contribution is -0.387. The summed E-state index contributed by atoms with van der Waals surface area (Å²) in [4.78, 5) is 21.3. The van der Waals surface area contributed by atoms with E-state index in [4.69, 9.17) is 0 Å². The molecule has 17 heavy (non-hydrogen) atoms. The molecule has 1 heterocycles. The Morgan fingerprint density at radius 2 is 2.12 bits per heavy atom. The van der Waals surface area contributed by atoms with Crippen LogP contribution in [0.3, 0.4) is 0 Å². The van der Waals surface area contributed by atoms with E-state index in [0.717, 1.165) is 23.5 Å². The summed E-state index contributed by atoms with van der Waals surface area (Å²) in [6.45, 7) is 3.59. The maximum Gasteiger partial charge on any atom is 0.308 e. The maximum absolute atomic E-state index is 13.4. The third kappa shape index (κ3) is 1.82. The van der Waals surface area contributed by atoms with E-state index in [9.17, 15) is 19.3 Å². The fourth-order valence-corrected chi connectivity index (χ4v) is 2.69. The second-order valence-corrected chi connectivity index (χ2v) is 4.85. The number of hydrogen-bond acceptors (Lipinski definition) is 4. The molecule has 0 spiro atoms. The van der Waals surface area contributed by atoms with Crippen LogP contribution in [0.4, 0.5) is 10.1 Å². The van der Waals surface area contributed by atoms with Gasteiger partial charge >= 0.3 is 10.6 Å². The summed E-state index contributed by atoms with van der Waals surface area (Å²) in [5.74, 6) is -0.917. The fraction of sp³-hybridized carbons (Fsp3) is 0.300. The molecule has 0 amide bonds. The van der Waals surface area contributed by atoms with Gasteiger partial charge in [0.15, 0.2) is 0 Å². The number of nitrogens with zero attached hydrogens (tertiary/aromatic N) is 2. The van der Waals surface area contributed by atoms with Gasteiger partial charge in [-0.05, 0) is 13.8 Å². The van der Waals surface area contributed by atoms with E-state index in [-0.39, 0.29) is 10.9 Å². The van der Waals surface area contributed by atoms with Crippen molar-refractivity contribution in [3.63, 3.8) is 0 Å². The number of hydrogen-bond donors (Lipinski definition) is 0. The highest BCUT2D eigenvalue weighted by atomic mass is 32.1. The van der Waals surface area contributed by atoms with Crippen molar-refractivity contribution in [3.8, 4) is 0 Å². The summed E-state index contributed by atoms with van der Waals surface area (Å²) < 4.78 is 15.2. The van der Waals surface area contributed by atoms with Crippen LogP contribution in [0.25, 0.3) is 10.2 Å². The van der Waals surface area contributed by atoms with Gasteiger partial charge < -0.3 is 0 Å². The Kier molecular flexibility index (Phi) is 2.70. The maximum atomic E-state index is 13.4. The van der Waals surface area contributed by atoms with Crippen molar-refractivity contribution in [2.45, 2.75) is 19.9 Å². The molecule has 0 atom stereocenters. The van der Waals surface area contributed by atoms with Gasteiger partial charge in [0.2, 0.25) is 5.82 Å². The SMILES string of the molecule is CC(C)n1c(=O)sc2cc(F)c([N+](=O)[O-])cc21. The molecule has 0 saturated heterocycles. The average Bonchev–Trinajstić information content (AvgIpc) is 2.51. The minimum atomic E-state index is -0.917. The van der Waals surface area contributed by atoms with Crippen LogP contribution in [0.2, 0.25) is 0 Å². The zero-order valence-electron chi connectivity index (χ0n) is 9.14. The highest BCUT2D eigenvalue weighted by Crippen LogP contribution is 2.27. The van der Waals surface area contributed by atoms with Gasteiger partial charge in [-0.3, -0.25) is 19.5 Å². The normalized spacial score (nSPS) is 11.3. The molecule has 0 saturated carbocycles. The van der Waals surface area contributed by atoms with Crippen molar-refractivity contribution in [3.05, 3.63) is 37.7 Å². The number of halogens is 1. The van der Waals surface area contributed by atoms with Crippen LogP contribution >= 0.6 is 11.3 Å². The predicted molar refractivity (Wildman–Crippen MR) is 63.1 cm³/mol. The number of fused-ring (bicyclic) bond motifs is 1. The van der Waals surface area contributed by atoms with Crippen LogP contribution in [0.15, 0.2) is 16.9 Å². The Labute approximate surface area is 99.3 Å². The van der Waals surface area contributed by atoms with Gasteiger partial charge in [-0.2, -0.15) is 4.39 Å². The molecule has 2 aromatic rings. The van der Waals surface area contributed by atoms with Crippen molar-refractivity contribution < 1.29 is 9.31 Å². The van der Waals surface area contributed by atoms with E-state index in [1.165, 1.54) is 4.57 Å². The molecule has 5 nitrogen and oxygen atoms in total. The van der Waals surface area contributed by atoms with Crippen molar-refractivity contribution >= 4 is 27.2 Å². The molecule has 7 heteroatoms. The molecule has 1 aromatic carbocycles. The first-order valence-corrected chi connectivity index (χ1v) is 5.72. The van der Waals surface area contributed by atoms with E-state index in [1.54, 1.807) is 13.8 Å². The third-order valence-electron chi connectivity index (χ3n) is 2.39. The monoisotopic (exact) mass is 256 g/mol. The zero-order chi connectivity index (χ0) is 12.7. The molecule has 90 valence electrons. The summed E-state index contributed by atoms with van der Waals surface area (Å²) >= 11 is 0.886. The molecular formula is C10H9FN2O3S. The van der Waals surface area contributed by atoms with Gasteiger partial charge in [-0.1, -0.05) is 11.3 Å². The van der Waals surface area contributed by atoms with E-state index in [2.05, 4.69) is 0 Å². The molecule has 0 aliphatic rings. The molecular weight excluding hydrogens is 247 g/mol. The minimum Gasteiger partial charge on any atom is -0.296 e. The molecule has 2 rings (SSSR count). The van der Waals surface area contributed by atoms with Gasteiger partial charge in [0.1, 0.15) is 0 Å². The Morgan fingerprint density at radius 3 is 2.65 bits per heavy atom. The Hall–Kier alpha value is -1.76. The Balaban J connectivity index is 2.86. The standard InChI is InChI=1S/C10H9FN2O3S/c1-5(2)12-8-4-7(13(15)16)6(11)3-9(8)17-10(12)14/h3-5H,1-2H3. The van der Waals surface area contributed by atoms with Crippen molar-refractivity contribution in [2.75, 3.05) is 0 Å².